The Labute approximate surface area is 105 Å². The summed E-state index contributed by atoms with van der Waals surface area (Å²) in [7, 11) is 1.62. The zero-order valence-corrected chi connectivity index (χ0v) is 10.4. The number of hydrogen-bond acceptors (Lipinski definition) is 2. The largest absolute Gasteiger partial charge is 0.481 e. The normalized spacial score (nSPS) is 11.9. The second kappa shape index (κ2) is 5.68. The van der Waals surface area contributed by atoms with Gasteiger partial charge < -0.3 is 10.0 Å². The molecule has 0 radical (unpaired) electrons. The quantitative estimate of drug-likeness (QED) is 0.899. The topological polar surface area (TPSA) is 57.6 Å². The van der Waals surface area contributed by atoms with Crippen LogP contribution in [0.25, 0.3) is 0 Å². The maximum absolute atomic E-state index is 11.9. The molecule has 0 saturated heterocycles. The average Bonchev–Trinajstić information content (AvgIpc) is 2.27. The summed E-state index contributed by atoms with van der Waals surface area (Å²) < 4.78 is 0. The number of hydrogen-bond donors (Lipinski definition) is 1. The molecule has 17 heavy (non-hydrogen) atoms. The van der Waals surface area contributed by atoms with E-state index in [-0.39, 0.29) is 12.3 Å². The van der Waals surface area contributed by atoms with E-state index < -0.39 is 11.9 Å². The van der Waals surface area contributed by atoms with Crippen molar-refractivity contribution in [1.29, 1.82) is 0 Å². The Balaban J connectivity index is 2.75. The summed E-state index contributed by atoms with van der Waals surface area (Å²) in [5.41, 5.74) is 0.691. The van der Waals surface area contributed by atoms with Crippen LogP contribution in [0.1, 0.15) is 13.3 Å². The lowest BCUT2D eigenvalue weighted by molar-refractivity contribution is -0.140. The van der Waals surface area contributed by atoms with Crippen molar-refractivity contribution < 1.29 is 14.7 Å². The Hall–Kier alpha value is -1.55. The van der Waals surface area contributed by atoms with Crippen LogP contribution in [0.15, 0.2) is 24.3 Å². The number of aliphatic carboxylic acids is 1. The second-order valence-electron chi connectivity index (χ2n) is 3.87. The molecule has 1 atom stereocenters. The van der Waals surface area contributed by atoms with E-state index in [1.807, 2.05) is 0 Å². The minimum Gasteiger partial charge on any atom is -0.481 e. The van der Waals surface area contributed by atoms with Crippen LogP contribution in [-0.2, 0) is 9.59 Å². The molecule has 0 saturated carbocycles. The van der Waals surface area contributed by atoms with Crippen molar-refractivity contribution in [2.45, 2.75) is 13.3 Å². The zero-order valence-electron chi connectivity index (χ0n) is 9.68. The molecule has 92 valence electrons. The summed E-state index contributed by atoms with van der Waals surface area (Å²) in [6.07, 6.45) is -0.170. The van der Waals surface area contributed by atoms with Gasteiger partial charge in [-0.3, -0.25) is 9.59 Å². The number of halogens is 1. The van der Waals surface area contributed by atoms with Gasteiger partial charge in [-0.15, -0.1) is 0 Å². The van der Waals surface area contributed by atoms with Crippen LogP contribution < -0.4 is 4.90 Å². The summed E-state index contributed by atoms with van der Waals surface area (Å²) in [6, 6.07) is 6.80. The lowest BCUT2D eigenvalue weighted by Gasteiger charge is -2.20. The third-order valence-electron chi connectivity index (χ3n) is 2.45. The molecule has 1 N–H and O–H groups in total. The van der Waals surface area contributed by atoms with Crippen molar-refractivity contribution in [2.75, 3.05) is 11.9 Å². The fourth-order valence-electron chi connectivity index (χ4n) is 1.47. The van der Waals surface area contributed by atoms with E-state index in [1.54, 1.807) is 38.2 Å². The first kappa shape index (κ1) is 13.5. The zero-order chi connectivity index (χ0) is 13.0. The predicted molar refractivity (Wildman–Crippen MR) is 66.3 cm³/mol. The minimum absolute atomic E-state index is 0.170. The summed E-state index contributed by atoms with van der Waals surface area (Å²) in [4.78, 5) is 23.9. The van der Waals surface area contributed by atoms with Crippen LogP contribution in [0.3, 0.4) is 0 Å². The number of nitrogens with zero attached hydrogens (tertiary/aromatic N) is 1. The molecule has 1 unspecified atom stereocenters. The van der Waals surface area contributed by atoms with Crippen molar-refractivity contribution >= 4 is 29.2 Å². The summed E-state index contributed by atoms with van der Waals surface area (Å²) in [5, 5.41) is 9.22. The molecule has 0 bridgehead atoms. The second-order valence-corrected chi connectivity index (χ2v) is 4.31. The standard InChI is InChI=1S/C12H14ClNO3/c1-8(7-11(15)16)12(17)14(2)10-5-3-9(13)4-6-10/h3-6,8H,7H2,1-2H3,(H,15,16). The molecule has 0 fully saturated rings. The van der Waals surface area contributed by atoms with Crippen LogP contribution in [0, 0.1) is 5.92 Å². The van der Waals surface area contributed by atoms with E-state index in [2.05, 4.69) is 0 Å². The highest BCUT2D eigenvalue weighted by Crippen LogP contribution is 2.19. The molecule has 5 heteroatoms. The first-order chi connectivity index (χ1) is 7.91. The monoisotopic (exact) mass is 255 g/mol. The lowest BCUT2D eigenvalue weighted by Crippen LogP contribution is -2.32. The Kier molecular flexibility index (Phi) is 4.52. The number of carbonyl (C=O) groups excluding carboxylic acids is 1. The van der Waals surface area contributed by atoms with Crippen molar-refractivity contribution in [2.24, 2.45) is 5.92 Å². The number of amides is 1. The Morgan fingerprint density at radius 1 is 1.35 bits per heavy atom. The number of anilines is 1. The van der Waals surface area contributed by atoms with Crippen LogP contribution in [-0.4, -0.2) is 24.0 Å². The highest BCUT2D eigenvalue weighted by Gasteiger charge is 2.20. The van der Waals surface area contributed by atoms with E-state index in [0.717, 1.165) is 0 Å². The van der Waals surface area contributed by atoms with Gasteiger partial charge in [-0.2, -0.15) is 0 Å². The number of carbonyl (C=O) groups is 2. The van der Waals surface area contributed by atoms with Gasteiger partial charge in [0, 0.05) is 23.7 Å². The van der Waals surface area contributed by atoms with E-state index >= 15 is 0 Å². The number of carboxylic acids is 1. The number of benzene rings is 1. The SMILES string of the molecule is CC(CC(=O)O)C(=O)N(C)c1ccc(Cl)cc1. The maximum Gasteiger partial charge on any atom is 0.304 e. The third kappa shape index (κ3) is 3.75. The summed E-state index contributed by atoms with van der Waals surface area (Å²) in [5.74, 6) is -1.75. The molecule has 1 aromatic rings. The molecule has 1 rings (SSSR count). The molecule has 0 aliphatic rings. The van der Waals surface area contributed by atoms with Crippen molar-refractivity contribution in [3.63, 3.8) is 0 Å². The van der Waals surface area contributed by atoms with Gasteiger partial charge in [0.05, 0.1) is 6.42 Å². The van der Waals surface area contributed by atoms with Gasteiger partial charge >= 0.3 is 5.97 Å². The van der Waals surface area contributed by atoms with Gasteiger partial charge in [-0.25, -0.2) is 0 Å². The smallest absolute Gasteiger partial charge is 0.304 e. The van der Waals surface area contributed by atoms with E-state index in [9.17, 15) is 9.59 Å². The van der Waals surface area contributed by atoms with Gasteiger partial charge in [-0.05, 0) is 24.3 Å². The minimum atomic E-state index is -0.977. The third-order valence-corrected chi connectivity index (χ3v) is 2.70. The van der Waals surface area contributed by atoms with E-state index in [1.165, 1.54) is 4.90 Å². The van der Waals surface area contributed by atoms with Gasteiger partial charge in [0.2, 0.25) is 5.91 Å². The first-order valence-corrected chi connectivity index (χ1v) is 5.54. The van der Waals surface area contributed by atoms with Gasteiger partial charge in [0.15, 0.2) is 0 Å². The van der Waals surface area contributed by atoms with Gasteiger partial charge in [-0.1, -0.05) is 18.5 Å². The lowest BCUT2D eigenvalue weighted by atomic mass is 10.1. The van der Waals surface area contributed by atoms with Crippen LogP contribution in [0.5, 0.6) is 0 Å². The van der Waals surface area contributed by atoms with E-state index in [4.69, 9.17) is 16.7 Å². The Morgan fingerprint density at radius 2 is 1.88 bits per heavy atom. The van der Waals surface area contributed by atoms with E-state index in [0.29, 0.717) is 10.7 Å². The van der Waals surface area contributed by atoms with Crippen molar-refractivity contribution in [1.82, 2.24) is 0 Å². The highest BCUT2D eigenvalue weighted by atomic mass is 35.5. The summed E-state index contributed by atoms with van der Waals surface area (Å²) >= 11 is 5.75. The molecular formula is C12H14ClNO3. The van der Waals surface area contributed by atoms with Crippen molar-refractivity contribution in [3.05, 3.63) is 29.3 Å². The molecule has 0 aliphatic heterocycles. The number of rotatable bonds is 4. The summed E-state index contributed by atoms with van der Waals surface area (Å²) in [6.45, 7) is 1.60. The van der Waals surface area contributed by atoms with Crippen LogP contribution >= 0.6 is 11.6 Å². The van der Waals surface area contributed by atoms with Crippen LogP contribution in [0.4, 0.5) is 5.69 Å². The first-order valence-electron chi connectivity index (χ1n) is 5.16. The fourth-order valence-corrected chi connectivity index (χ4v) is 1.60. The molecular weight excluding hydrogens is 242 g/mol. The fraction of sp³-hybridized carbons (Fsp3) is 0.333. The Bertz CT molecular complexity index is 416. The molecule has 0 aromatic heterocycles. The van der Waals surface area contributed by atoms with Gasteiger partial charge in [0.25, 0.3) is 0 Å². The average molecular weight is 256 g/mol. The molecule has 1 amide bonds. The highest BCUT2D eigenvalue weighted by molar-refractivity contribution is 6.30. The molecule has 0 aliphatic carbocycles. The molecule has 1 aromatic carbocycles. The Morgan fingerprint density at radius 3 is 2.35 bits per heavy atom. The van der Waals surface area contributed by atoms with Crippen LogP contribution in [0.2, 0.25) is 5.02 Å². The van der Waals surface area contributed by atoms with Gasteiger partial charge in [0.1, 0.15) is 0 Å². The molecule has 0 spiro atoms. The maximum atomic E-state index is 11.9. The number of carboxylic acid groups (broad SMARTS) is 1. The van der Waals surface area contributed by atoms with Crippen molar-refractivity contribution in [3.8, 4) is 0 Å². The molecule has 4 nitrogen and oxygen atoms in total. The molecule has 0 heterocycles. The predicted octanol–water partition coefficient (Wildman–Crippen LogP) is 2.41.